The van der Waals surface area contributed by atoms with Crippen molar-refractivity contribution >= 4 is 23.5 Å². The summed E-state index contributed by atoms with van der Waals surface area (Å²) in [5.41, 5.74) is 3.36. The third-order valence-electron chi connectivity index (χ3n) is 4.37. The van der Waals surface area contributed by atoms with Crippen molar-refractivity contribution in [3.63, 3.8) is 0 Å². The largest absolute Gasteiger partial charge is 0.490 e. The molecular formula is C24H23ClFNO2. The van der Waals surface area contributed by atoms with Gasteiger partial charge >= 0.3 is 0 Å². The van der Waals surface area contributed by atoms with Crippen LogP contribution in [0.5, 0.6) is 11.5 Å². The summed E-state index contributed by atoms with van der Waals surface area (Å²) in [5.74, 6) is 0.569. The summed E-state index contributed by atoms with van der Waals surface area (Å²) >= 11 is 6.44. The van der Waals surface area contributed by atoms with E-state index in [0.717, 1.165) is 17.7 Å². The summed E-state index contributed by atoms with van der Waals surface area (Å²) in [6.07, 6.45) is 2.72. The fourth-order valence-electron chi connectivity index (χ4n) is 2.80. The molecule has 0 saturated carbocycles. The van der Waals surface area contributed by atoms with Crippen molar-refractivity contribution in [2.24, 2.45) is 4.99 Å². The summed E-state index contributed by atoms with van der Waals surface area (Å²) < 4.78 is 25.3. The molecule has 3 nitrogen and oxygen atoms in total. The Labute approximate surface area is 175 Å². The lowest BCUT2D eigenvalue weighted by atomic mass is 10.1. The van der Waals surface area contributed by atoms with Gasteiger partial charge in [-0.15, -0.1) is 0 Å². The summed E-state index contributed by atoms with van der Waals surface area (Å²) in [6, 6.07) is 18.1. The van der Waals surface area contributed by atoms with Gasteiger partial charge in [0.2, 0.25) is 0 Å². The van der Waals surface area contributed by atoms with Crippen LogP contribution in [0.4, 0.5) is 10.1 Å². The van der Waals surface area contributed by atoms with Gasteiger partial charge in [-0.1, -0.05) is 48.9 Å². The average molecular weight is 412 g/mol. The summed E-state index contributed by atoms with van der Waals surface area (Å²) in [5, 5.41) is 0.384. The molecule has 0 N–H and O–H groups in total. The van der Waals surface area contributed by atoms with Crippen LogP contribution in [-0.4, -0.2) is 12.8 Å². The first kappa shape index (κ1) is 20.9. The predicted octanol–water partition coefficient (Wildman–Crippen LogP) is 6.77. The minimum atomic E-state index is -0.320. The van der Waals surface area contributed by atoms with Gasteiger partial charge in [0, 0.05) is 11.8 Å². The molecule has 3 rings (SSSR count). The smallest absolute Gasteiger partial charge is 0.180 e. The Kier molecular flexibility index (Phi) is 7.25. The maximum atomic E-state index is 13.9. The Bertz CT molecular complexity index is 987. The van der Waals surface area contributed by atoms with Gasteiger partial charge in [-0.3, -0.25) is 4.99 Å². The highest BCUT2D eigenvalue weighted by molar-refractivity contribution is 6.32. The SMILES string of the molecule is CCOc1cc(C=Nc2ccc(CC)cc2)cc(Cl)c1OCc1ccccc1F. The van der Waals surface area contributed by atoms with Gasteiger partial charge in [0.15, 0.2) is 11.5 Å². The van der Waals surface area contributed by atoms with Crippen molar-refractivity contribution < 1.29 is 13.9 Å². The Balaban J connectivity index is 1.81. The molecule has 0 bridgehead atoms. The third-order valence-corrected chi connectivity index (χ3v) is 4.65. The number of hydrogen-bond donors (Lipinski definition) is 0. The summed E-state index contributed by atoms with van der Waals surface area (Å²) in [7, 11) is 0. The van der Waals surface area contributed by atoms with Crippen LogP contribution in [0.15, 0.2) is 65.7 Å². The number of ether oxygens (including phenoxy) is 2. The van der Waals surface area contributed by atoms with Crippen molar-refractivity contribution in [1.82, 2.24) is 0 Å². The van der Waals surface area contributed by atoms with E-state index in [4.69, 9.17) is 21.1 Å². The van der Waals surface area contributed by atoms with Crippen LogP contribution in [0, 0.1) is 5.82 Å². The van der Waals surface area contributed by atoms with Crippen molar-refractivity contribution in [3.05, 3.63) is 88.2 Å². The highest BCUT2D eigenvalue weighted by Crippen LogP contribution is 2.37. The molecule has 0 aliphatic rings. The number of hydrogen-bond acceptors (Lipinski definition) is 3. The zero-order valence-electron chi connectivity index (χ0n) is 16.5. The zero-order chi connectivity index (χ0) is 20.6. The molecule has 0 fully saturated rings. The van der Waals surface area contributed by atoms with E-state index in [1.807, 2.05) is 25.1 Å². The molecule has 29 heavy (non-hydrogen) atoms. The normalized spacial score (nSPS) is 11.0. The molecule has 3 aromatic carbocycles. The molecule has 0 aromatic heterocycles. The van der Waals surface area contributed by atoms with Gasteiger partial charge in [-0.2, -0.15) is 0 Å². The van der Waals surface area contributed by atoms with Crippen LogP contribution in [0.1, 0.15) is 30.5 Å². The van der Waals surface area contributed by atoms with Crippen LogP contribution in [0.3, 0.4) is 0 Å². The highest BCUT2D eigenvalue weighted by atomic mass is 35.5. The summed E-state index contributed by atoms with van der Waals surface area (Å²) in [4.78, 5) is 4.50. The number of rotatable bonds is 8. The van der Waals surface area contributed by atoms with Crippen molar-refractivity contribution in [2.75, 3.05) is 6.61 Å². The fraction of sp³-hybridized carbons (Fsp3) is 0.208. The first-order valence-electron chi connectivity index (χ1n) is 9.56. The molecule has 3 aromatic rings. The van der Waals surface area contributed by atoms with Gasteiger partial charge in [0.05, 0.1) is 17.3 Å². The minimum Gasteiger partial charge on any atom is -0.490 e. The molecule has 0 unspecified atom stereocenters. The van der Waals surface area contributed by atoms with Gasteiger partial charge < -0.3 is 9.47 Å². The Morgan fingerprint density at radius 1 is 1.00 bits per heavy atom. The lowest BCUT2D eigenvalue weighted by molar-refractivity contribution is 0.266. The molecule has 0 aliphatic heterocycles. The molecule has 0 aliphatic carbocycles. The highest BCUT2D eigenvalue weighted by Gasteiger charge is 2.13. The van der Waals surface area contributed by atoms with E-state index in [-0.39, 0.29) is 12.4 Å². The van der Waals surface area contributed by atoms with Gasteiger partial charge in [-0.05, 0) is 54.8 Å². The third kappa shape index (κ3) is 5.58. The van der Waals surface area contributed by atoms with E-state index >= 15 is 0 Å². The van der Waals surface area contributed by atoms with Crippen molar-refractivity contribution in [1.29, 1.82) is 0 Å². The van der Waals surface area contributed by atoms with E-state index < -0.39 is 0 Å². The molecule has 0 atom stereocenters. The van der Waals surface area contributed by atoms with Crippen LogP contribution < -0.4 is 9.47 Å². The minimum absolute atomic E-state index is 0.0592. The lowest BCUT2D eigenvalue weighted by Gasteiger charge is -2.14. The monoisotopic (exact) mass is 411 g/mol. The summed E-state index contributed by atoms with van der Waals surface area (Å²) in [6.45, 7) is 4.51. The fourth-order valence-corrected chi connectivity index (χ4v) is 3.07. The molecule has 150 valence electrons. The second-order valence-electron chi connectivity index (χ2n) is 6.42. The molecule has 5 heteroatoms. The maximum Gasteiger partial charge on any atom is 0.180 e. The average Bonchev–Trinajstić information content (AvgIpc) is 2.73. The predicted molar refractivity (Wildman–Crippen MR) is 116 cm³/mol. The number of benzene rings is 3. The first-order valence-corrected chi connectivity index (χ1v) is 9.94. The van der Waals surface area contributed by atoms with Crippen LogP contribution in [-0.2, 0) is 13.0 Å². The Morgan fingerprint density at radius 2 is 1.76 bits per heavy atom. The van der Waals surface area contributed by atoms with E-state index in [1.165, 1.54) is 11.6 Å². The topological polar surface area (TPSA) is 30.8 Å². The van der Waals surface area contributed by atoms with Gasteiger partial charge in [0.25, 0.3) is 0 Å². The van der Waals surface area contributed by atoms with Crippen LogP contribution >= 0.6 is 11.6 Å². The maximum absolute atomic E-state index is 13.9. The number of aliphatic imine (C=N–C) groups is 1. The number of aryl methyl sites for hydroxylation is 1. The number of nitrogens with zero attached hydrogens (tertiary/aromatic N) is 1. The number of halogens is 2. The molecule has 0 spiro atoms. The Morgan fingerprint density at radius 3 is 2.45 bits per heavy atom. The lowest BCUT2D eigenvalue weighted by Crippen LogP contribution is -2.02. The van der Waals surface area contributed by atoms with E-state index in [1.54, 1.807) is 30.5 Å². The molecule has 0 amide bonds. The van der Waals surface area contributed by atoms with E-state index in [9.17, 15) is 4.39 Å². The quantitative estimate of drug-likeness (QED) is 0.383. The van der Waals surface area contributed by atoms with Crippen LogP contribution in [0.2, 0.25) is 5.02 Å². The Hall–Kier alpha value is -2.85. The molecule has 0 saturated heterocycles. The van der Waals surface area contributed by atoms with E-state index in [2.05, 4.69) is 24.0 Å². The van der Waals surface area contributed by atoms with Gasteiger partial charge in [0.1, 0.15) is 12.4 Å². The van der Waals surface area contributed by atoms with Crippen molar-refractivity contribution in [2.45, 2.75) is 26.9 Å². The van der Waals surface area contributed by atoms with Crippen molar-refractivity contribution in [3.8, 4) is 11.5 Å². The zero-order valence-corrected chi connectivity index (χ0v) is 17.2. The second-order valence-corrected chi connectivity index (χ2v) is 6.83. The second kappa shape index (κ2) is 10.1. The van der Waals surface area contributed by atoms with Gasteiger partial charge in [-0.25, -0.2) is 4.39 Å². The van der Waals surface area contributed by atoms with E-state index in [0.29, 0.717) is 28.7 Å². The first-order chi connectivity index (χ1) is 14.1. The standard InChI is InChI=1S/C24H23ClFNO2/c1-3-17-9-11-20(12-10-17)27-15-18-13-21(25)24(23(14-18)28-4-2)29-16-19-7-5-6-8-22(19)26/h5-15H,3-4,16H2,1-2H3. The molecule has 0 radical (unpaired) electrons. The molecule has 0 heterocycles. The molecular weight excluding hydrogens is 389 g/mol. The van der Waals surface area contributed by atoms with Crippen LogP contribution in [0.25, 0.3) is 0 Å².